The van der Waals surface area contributed by atoms with Crippen LogP contribution in [0.3, 0.4) is 0 Å². The molecule has 3 aromatic heterocycles. The van der Waals surface area contributed by atoms with Crippen LogP contribution in [0.25, 0.3) is 11.2 Å². The molecule has 0 aromatic carbocycles. The standard InChI is InChI=1S/C17H19N5O3S/c1-19-10-18-15-14(19)16(24)22(17(25)20(15)2)9-12(23)8-21-5-3-13-11(7-21)4-6-26-13/h4,6,10H,3,5,7-9H2,1-2H3. The van der Waals surface area contributed by atoms with E-state index in [1.807, 2.05) is 0 Å². The normalized spacial score (nSPS) is 14.7. The third-order valence-electron chi connectivity index (χ3n) is 4.82. The summed E-state index contributed by atoms with van der Waals surface area (Å²) in [6, 6.07) is 2.09. The molecule has 0 amide bonds. The predicted octanol–water partition coefficient (Wildman–Crippen LogP) is 0.123. The highest BCUT2D eigenvalue weighted by Crippen LogP contribution is 2.23. The Balaban J connectivity index is 1.58. The molecule has 0 unspecified atom stereocenters. The summed E-state index contributed by atoms with van der Waals surface area (Å²) in [5, 5.41) is 2.07. The van der Waals surface area contributed by atoms with Crippen LogP contribution in [-0.4, -0.2) is 42.5 Å². The molecule has 4 heterocycles. The van der Waals surface area contributed by atoms with Gasteiger partial charge in [0.15, 0.2) is 16.9 Å². The van der Waals surface area contributed by atoms with Crippen LogP contribution in [0.15, 0.2) is 27.4 Å². The molecule has 0 atom stereocenters. The minimum Gasteiger partial charge on any atom is -0.328 e. The molecular formula is C17H19N5O3S. The number of hydrogen-bond donors (Lipinski definition) is 0. The zero-order chi connectivity index (χ0) is 18.4. The Kier molecular flexibility index (Phi) is 4.12. The van der Waals surface area contributed by atoms with Gasteiger partial charge in [0.1, 0.15) is 0 Å². The first kappa shape index (κ1) is 16.9. The van der Waals surface area contributed by atoms with Crippen molar-refractivity contribution in [3.63, 3.8) is 0 Å². The first-order valence-electron chi connectivity index (χ1n) is 8.36. The third kappa shape index (κ3) is 2.73. The molecular weight excluding hydrogens is 354 g/mol. The minimum absolute atomic E-state index is 0.149. The number of aromatic nitrogens is 4. The van der Waals surface area contributed by atoms with Crippen LogP contribution in [0.2, 0.25) is 0 Å². The van der Waals surface area contributed by atoms with Gasteiger partial charge in [-0.3, -0.25) is 23.6 Å². The van der Waals surface area contributed by atoms with Crippen molar-refractivity contribution in [3.05, 3.63) is 49.1 Å². The third-order valence-corrected chi connectivity index (χ3v) is 5.85. The first-order valence-corrected chi connectivity index (χ1v) is 9.24. The number of imidazole rings is 1. The van der Waals surface area contributed by atoms with Crippen LogP contribution < -0.4 is 11.2 Å². The topological polar surface area (TPSA) is 82.1 Å². The van der Waals surface area contributed by atoms with E-state index in [2.05, 4.69) is 21.3 Å². The van der Waals surface area contributed by atoms with Gasteiger partial charge in [0.25, 0.3) is 5.56 Å². The summed E-state index contributed by atoms with van der Waals surface area (Å²) < 4.78 is 3.88. The zero-order valence-electron chi connectivity index (χ0n) is 14.6. The number of Topliss-reactive ketones (excluding diaryl/α,β-unsaturated/α-hetero) is 1. The second-order valence-corrected chi connectivity index (χ2v) is 7.63. The summed E-state index contributed by atoms with van der Waals surface area (Å²) >= 11 is 1.75. The minimum atomic E-state index is -0.520. The molecule has 8 nitrogen and oxygen atoms in total. The van der Waals surface area contributed by atoms with E-state index in [1.54, 1.807) is 30.0 Å². The van der Waals surface area contributed by atoms with Crippen LogP contribution in [0.5, 0.6) is 0 Å². The van der Waals surface area contributed by atoms with Crippen molar-refractivity contribution in [2.45, 2.75) is 19.5 Å². The van der Waals surface area contributed by atoms with Gasteiger partial charge >= 0.3 is 5.69 Å². The van der Waals surface area contributed by atoms with Gasteiger partial charge in [-0.05, 0) is 23.4 Å². The molecule has 1 aliphatic heterocycles. The predicted molar refractivity (Wildman–Crippen MR) is 98.5 cm³/mol. The highest BCUT2D eigenvalue weighted by Gasteiger charge is 2.21. The molecule has 0 N–H and O–H groups in total. The van der Waals surface area contributed by atoms with Gasteiger partial charge in [-0.1, -0.05) is 0 Å². The number of hydrogen-bond acceptors (Lipinski definition) is 6. The fourth-order valence-electron chi connectivity index (χ4n) is 3.45. The molecule has 4 rings (SSSR count). The highest BCUT2D eigenvalue weighted by molar-refractivity contribution is 7.10. The van der Waals surface area contributed by atoms with Crippen LogP contribution in [0, 0.1) is 0 Å². The van der Waals surface area contributed by atoms with Crippen LogP contribution in [0.4, 0.5) is 0 Å². The lowest BCUT2D eigenvalue weighted by Gasteiger charge is -2.26. The lowest BCUT2D eigenvalue weighted by atomic mass is 10.1. The lowest BCUT2D eigenvalue weighted by molar-refractivity contribution is -0.121. The summed E-state index contributed by atoms with van der Waals surface area (Å²) in [6.45, 7) is 1.55. The second kappa shape index (κ2) is 6.33. The van der Waals surface area contributed by atoms with E-state index in [1.165, 1.54) is 21.3 Å². The van der Waals surface area contributed by atoms with E-state index in [0.29, 0.717) is 11.2 Å². The van der Waals surface area contributed by atoms with E-state index < -0.39 is 11.2 Å². The largest absolute Gasteiger partial charge is 0.332 e. The van der Waals surface area contributed by atoms with Gasteiger partial charge in [-0.2, -0.15) is 0 Å². The summed E-state index contributed by atoms with van der Waals surface area (Å²) in [7, 11) is 3.25. The molecule has 0 aliphatic carbocycles. The maximum atomic E-state index is 12.7. The maximum absolute atomic E-state index is 12.7. The molecule has 0 bridgehead atoms. The molecule has 3 aromatic rings. The van der Waals surface area contributed by atoms with E-state index in [4.69, 9.17) is 0 Å². The summed E-state index contributed by atoms with van der Waals surface area (Å²) in [4.78, 5) is 45.2. The fourth-order valence-corrected chi connectivity index (χ4v) is 4.34. The average molecular weight is 373 g/mol. The Labute approximate surface area is 152 Å². The highest BCUT2D eigenvalue weighted by atomic mass is 32.1. The number of fused-ring (bicyclic) bond motifs is 2. The summed E-state index contributed by atoms with van der Waals surface area (Å²) in [5.74, 6) is -0.149. The van der Waals surface area contributed by atoms with Gasteiger partial charge in [0.2, 0.25) is 0 Å². The Bertz CT molecular complexity index is 1120. The van der Waals surface area contributed by atoms with Crippen LogP contribution in [0.1, 0.15) is 10.4 Å². The SMILES string of the molecule is Cn1cnc2c1c(=O)n(CC(=O)CN1CCc3sccc3C1)c(=O)n2C. The van der Waals surface area contributed by atoms with Crippen molar-refractivity contribution in [3.8, 4) is 0 Å². The van der Waals surface area contributed by atoms with E-state index in [0.717, 1.165) is 24.1 Å². The number of nitrogens with zero attached hydrogens (tertiary/aromatic N) is 5. The smallest absolute Gasteiger partial charge is 0.328 e. The zero-order valence-corrected chi connectivity index (χ0v) is 15.5. The Morgan fingerprint density at radius 3 is 2.88 bits per heavy atom. The number of thiophene rings is 1. The van der Waals surface area contributed by atoms with Crippen molar-refractivity contribution < 1.29 is 4.79 Å². The number of aryl methyl sites for hydroxylation is 2. The molecule has 0 fully saturated rings. The molecule has 0 saturated heterocycles. The van der Waals surface area contributed by atoms with Gasteiger partial charge < -0.3 is 4.57 Å². The number of ketones is 1. The molecule has 0 spiro atoms. The average Bonchev–Trinajstić information content (AvgIpc) is 3.23. The Morgan fingerprint density at radius 2 is 2.08 bits per heavy atom. The van der Waals surface area contributed by atoms with Crippen LogP contribution >= 0.6 is 11.3 Å². The maximum Gasteiger partial charge on any atom is 0.332 e. The second-order valence-electron chi connectivity index (χ2n) is 6.63. The van der Waals surface area contributed by atoms with Gasteiger partial charge in [-0.15, -0.1) is 11.3 Å². The number of rotatable bonds is 4. The Hall–Kier alpha value is -2.52. The molecule has 0 saturated carbocycles. The van der Waals surface area contributed by atoms with Gasteiger partial charge in [0, 0.05) is 32.1 Å². The molecule has 0 radical (unpaired) electrons. The van der Waals surface area contributed by atoms with Crippen molar-refractivity contribution in [2.24, 2.45) is 14.1 Å². The van der Waals surface area contributed by atoms with E-state index in [-0.39, 0.29) is 18.9 Å². The summed E-state index contributed by atoms with van der Waals surface area (Å²) in [5.41, 5.74) is 0.912. The van der Waals surface area contributed by atoms with Crippen molar-refractivity contribution in [2.75, 3.05) is 13.1 Å². The number of carbonyl (C=O) groups excluding carboxylic acids is 1. The quantitative estimate of drug-likeness (QED) is 0.649. The first-order chi connectivity index (χ1) is 12.5. The van der Waals surface area contributed by atoms with Crippen molar-refractivity contribution in [1.82, 2.24) is 23.6 Å². The molecule has 136 valence electrons. The van der Waals surface area contributed by atoms with E-state index in [9.17, 15) is 14.4 Å². The molecule has 1 aliphatic rings. The van der Waals surface area contributed by atoms with Crippen LogP contribution in [-0.2, 0) is 38.4 Å². The van der Waals surface area contributed by atoms with Crippen molar-refractivity contribution >= 4 is 28.3 Å². The van der Waals surface area contributed by atoms with Gasteiger partial charge in [0.05, 0.1) is 19.4 Å². The van der Waals surface area contributed by atoms with Crippen molar-refractivity contribution in [1.29, 1.82) is 0 Å². The molecule has 9 heteroatoms. The fraction of sp³-hybridized carbons (Fsp3) is 0.412. The summed E-state index contributed by atoms with van der Waals surface area (Å²) in [6.07, 6.45) is 2.42. The van der Waals surface area contributed by atoms with Gasteiger partial charge in [-0.25, -0.2) is 9.78 Å². The molecule has 26 heavy (non-hydrogen) atoms. The number of carbonyl (C=O) groups is 1. The van der Waals surface area contributed by atoms with E-state index >= 15 is 0 Å². The monoisotopic (exact) mass is 373 g/mol. The lowest BCUT2D eigenvalue weighted by Crippen LogP contribution is -2.43. The Morgan fingerprint density at radius 1 is 1.27 bits per heavy atom.